The Bertz CT molecular complexity index is 942. The molecule has 0 spiro atoms. The Morgan fingerprint density at radius 2 is 2.14 bits per heavy atom. The zero-order chi connectivity index (χ0) is 14.9. The van der Waals surface area contributed by atoms with Gasteiger partial charge in [0.2, 0.25) is 0 Å². The van der Waals surface area contributed by atoms with Crippen molar-refractivity contribution in [3.8, 4) is 5.69 Å². The SMILES string of the molecule is Fc1cccc(-n2cc(Cn3ccc4cncnc43)nn2)c1. The van der Waals surface area contributed by atoms with Crippen LogP contribution in [-0.2, 0) is 6.54 Å². The molecule has 4 aromatic rings. The Hall–Kier alpha value is -3.09. The van der Waals surface area contributed by atoms with Crippen molar-refractivity contribution in [2.75, 3.05) is 0 Å². The molecule has 3 heterocycles. The van der Waals surface area contributed by atoms with Crippen LogP contribution in [0.2, 0.25) is 0 Å². The molecule has 0 bridgehead atoms. The van der Waals surface area contributed by atoms with Gasteiger partial charge in [0.05, 0.1) is 18.4 Å². The van der Waals surface area contributed by atoms with Gasteiger partial charge in [-0.3, -0.25) is 0 Å². The number of fused-ring (bicyclic) bond motifs is 1. The maximum atomic E-state index is 13.3. The van der Waals surface area contributed by atoms with Gasteiger partial charge in [0, 0.05) is 17.8 Å². The average Bonchev–Trinajstić information content (AvgIpc) is 3.16. The van der Waals surface area contributed by atoms with E-state index in [0.29, 0.717) is 12.2 Å². The minimum atomic E-state index is -0.303. The van der Waals surface area contributed by atoms with E-state index in [2.05, 4.69) is 20.3 Å². The van der Waals surface area contributed by atoms with Crippen molar-refractivity contribution in [1.82, 2.24) is 29.5 Å². The molecule has 22 heavy (non-hydrogen) atoms. The van der Waals surface area contributed by atoms with Gasteiger partial charge in [0.25, 0.3) is 0 Å². The highest BCUT2D eigenvalue weighted by molar-refractivity contribution is 5.74. The van der Waals surface area contributed by atoms with E-state index in [0.717, 1.165) is 16.7 Å². The molecule has 0 radical (unpaired) electrons. The Balaban J connectivity index is 1.65. The zero-order valence-corrected chi connectivity index (χ0v) is 11.5. The van der Waals surface area contributed by atoms with E-state index >= 15 is 0 Å². The topological polar surface area (TPSA) is 61.4 Å². The lowest BCUT2D eigenvalue weighted by molar-refractivity contribution is 0.624. The minimum Gasteiger partial charge on any atom is -0.326 e. The predicted octanol–water partition coefficient (Wildman–Crippen LogP) is 2.20. The van der Waals surface area contributed by atoms with Crippen LogP contribution in [0.15, 0.2) is 55.2 Å². The fourth-order valence-electron chi connectivity index (χ4n) is 2.35. The van der Waals surface area contributed by atoms with Crippen molar-refractivity contribution >= 4 is 11.0 Å². The molecule has 108 valence electrons. The highest BCUT2D eigenvalue weighted by Crippen LogP contribution is 2.14. The summed E-state index contributed by atoms with van der Waals surface area (Å²) in [7, 11) is 0. The lowest BCUT2D eigenvalue weighted by Gasteiger charge is -2.01. The smallest absolute Gasteiger partial charge is 0.143 e. The Kier molecular flexibility index (Phi) is 2.89. The standard InChI is InChI=1S/C15H11FN6/c16-12-2-1-3-14(6-12)22-9-13(19-20-22)8-21-5-4-11-7-17-10-18-15(11)21/h1-7,9-10H,8H2. The van der Waals surface area contributed by atoms with Crippen LogP contribution in [0.5, 0.6) is 0 Å². The molecule has 6 nitrogen and oxygen atoms in total. The van der Waals surface area contributed by atoms with Crippen molar-refractivity contribution in [1.29, 1.82) is 0 Å². The lowest BCUT2D eigenvalue weighted by Crippen LogP contribution is -1.99. The maximum Gasteiger partial charge on any atom is 0.143 e. The molecule has 0 N–H and O–H groups in total. The summed E-state index contributed by atoms with van der Waals surface area (Å²) in [5.74, 6) is -0.303. The molecular weight excluding hydrogens is 283 g/mol. The quantitative estimate of drug-likeness (QED) is 0.581. The number of rotatable bonds is 3. The summed E-state index contributed by atoms with van der Waals surface area (Å²) in [5, 5.41) is 9.14. The third kappa shape index (κ3) is 2.22. The van der Waals surface area contributed by atoms with Gasteiger partial charge >= 0.3 is 0 Å². The second-order valence-corrected chi connectivity index (χ2v) is 4.88. The molecule has 0 aliphatic rings. The van der Waals surface area contributed by atoms with E-state index in [-0.39, 0.29) is 5.82 Å². The second kappa shape index (κ2) is 5.03. The molecular formula is C15H11FN6. The van der Waals surface area contributed by atoms with Crippen molar-refractivity contribution in [3.63, 3.8) is 0 Å². The Morgan fingerprint density at radius 1 is 1.18 bits per heavy atom. The monoisotopic (exact) mass is 294 g/mol. The second-order valence-electron chi connectivity index (χ2n) is 4.88. The molecule has 0 unspecified atom stereocenters. The molecule has 0 atom stereocenters. The van der Waals surface area contributed by atoms with E-state index < -0.39 is 0 Å². The van der Waals surface area contributed by atoms with Gasteiger partial charge in [-0.2, -0.15) is 0 Å². The van der Waals surface area contributed by atoms with Gasteiger partial charge in [0.15, 0.2) is 0 Å². The van der Waals surface area contributed by atoms with Crippen LogP contribution < -0.4 is 0 Å². The van der Waals surface area contributed by atoms with Crippen LogP contribution >= 0.6 is 0 Å². The number of halogens is 1. The molecule has 0 saturated carbocycles. The highest BCUT2D eigenvalue weighted by Gasteiger charge is 2.07. The molecule has 4 rings (SSSR count). The van der Waals surface area contributed by atoms with Crippen molar-refractivity contribution in [3.05, 3.63) is 66.8 Å². The average molecular weight is 294 g/mol. The minimum absolute atomic E-state index is 0.303. The normalized spacial score (nSPS) is 11.1. The molecule has 0 fully saturated rings. The molecule has 0 amide bonds. The van der Waals surface area contributed by atoms with Crippen LogP contribution in [0.4, 0.5) is 4.39 Å². The third-order valence-corrected chi connectivity index (χ3v) is 3.37. The molecule has 0 saturated heterocycles. The van der Waals surface area contributed by atoms with E-state index in [1.165, 1.54) is 18.5 Å². The van der Waals surface area contributed by atoms with Crippen LogP contribution in [0.25, 0.3) is 16.7 Å². The number of hydrogen-bond acceptors (Lipinski definition) is 4. The van der Waals surface area contributed by atoms with Gasteiger partial charge in [0.1, 0.15) is 23.5 Å². The molecule has 7 heteroatoms. The van der Waals surface area contributed by atoms with Crippen molar-refractivity contribution in [2.45, 2.75) is 6.54 Å². The van der Waals surface area contributed by atoms with Crippen LogP contribution in [0.1, 0.15) is 5.69 Å². The Labute approximate surface area is 124 Å². The number of aromatic nitrogens is 6. The summed E-state index contributed by atoms with van der Waals surface area (Å²) in [4.78, 5) is 8.25. The highest BCUT2D eigenvalue weighted by atomic mass is 19.1. The van der Waals surface area contributed by atoms with Crippen LogP contribution in [0, 0.1) is 5.82 Å². The first-order chi connectivity index (χ1) is 10.8. The van der Waals surface area contributed by atoms with Crippen molar-refractivity contribution < 1.29 is 4.39 Å². The first-order valence-corrected chi connectivity index (χ1v) is 6.71. The fraction of sp³-hybridized carbons (Fsp3) is 0.0667. The van der Waals surface area contributed by atoms with Gasteiger partial charge in [-0.15, -0.1) is 5.10 Å². The van der Waals surface area contributed by atoms with E-state index in [4.69, 9.17) is 0 Å². The van der Waals surface area contributed by atoms with E-state index in [1.807, 2.05) is 16.8 Å². The van der Waals surface area contributed by atoms with E-state index in [1.54, 1.807) is 29.2 Å². The van der Waals surface area contributed by atoms with Gasteiger partial charge < -0.3 is 4.57 Å². The van der Waals surface area contributed by atoms with Crippen LogP contribution in [-0.4, -0.2) is 29.5 Å². The summed E-state index contributed by atoms with van der Waals surface area (Å²) >= 11 is 0. The summed E-state index contributed by atoms with van der Waals surface area (Å²) in [6, 6.07) is 8.18. The first-order valence-electron chi connectivity index (χ1n) is 6.71. The summed E-state index contributed by atoms with van der Waals surface area (Å²) in [6.45, 7) is 0.538. The van der Waals surface area contributed by atoms with Crippen LogP contribution in [0.3, 0.4) is 0 Å². The largest absolute Gasteiger partial charge is 0.326 e. The number of hydrogen-bond donors (Lipinski definition) is 0. The summed E-state index contributed by atoms with van der Waals surface area (Å²) < 4.78 is 16.8. The summed E-state index contributed by atoms with van der Waals surface area (Å²) in [5.41, 5.74) is 2.24. The number of benzene rings is 1. The zero-order valence-electron chi connectivity index (χ0n) is 11.5. The number of nitrogens with zero attached hydrogens (tertiary/aromatic N) is 6. The van der Waals surface area contributed by atoms with Gasteiger partial charge in [-0.25, -0.2) is 19.0 Å². The van der Waals surface area contributed by atoms with Crippen molar-refractivity contribution in [2.24, 2.45) is 0 Å². The third-order valence-electron chi connectivity index (χ3n) is 3.37. The molecule has 1 aromatic carbocycles. The van der Waals surface area contributed by atoms with E-state index in [9.17, 15) is 4.39 Å². The fourth-order valence-corrected chi connectivity index (χ4v) is 2.35. The maximum absolute atomic E-state index is 13.3. The van der Waals surface area contributed by atoms with Gasteiger partial charge in [-0.05, 0) is 24.3 Å². The molecule has 3 aromatic heterocycles. The predicted molar refractivity (Wildman–Crippen MR) is 77.9 cm³/mol. The first kappa shape index (κ1) is 12.6. The summed E-state index contributed by atoms with van der Waals surface area (Å²) in [6.07, 6.45) is 6.99. The van der Waals surface area contributed by atoms with Gasteiger partial charge in [-0.1, -0.05) is 11.3 Å². The molecule has 0 aliphatic heterocycles. The lowest BCUT2D eigenvalue weighted by atomic mass is 10.3. The Morgan fingerprint density at radius 3 is 3.05 bits per heavy atom. The molecule has 0 aliphatic carbocycles.